The fraction of sp³-hybridized carbons (Fsp3) is 0.381. The number of carbonyl (C=O) groups excluding carboxylic acids is 1. The van der Waals surface area contributed by atoms with E-state index in [4.69, 9.17) is 15.5 Å². The van der Waals surface area contributed by atoms with Gasteiger partial charge in [0.2, 0.25) is 5.91 Å². The van der Waals surface area contributed by atoms with Gasteiger partial charge in [0, 0.05) is 17.0 Å². The number of aromatic nitrogens is 2. The predicted molar refractivity (Wildman–Crippen MR) is 119 cm³/mol. The molecule has 0 radical (unpaired) electrons. The first-order valence-electron chi connectivity index (χ1n) is 9.64. The molecule has 2 aromatic heterocycles. The Morgan fingerprint density at radius 3 is 2.76 bits per heavy atom. The lowest BCUT2D eigenvalue weighted by Crippen LogP contribution is -2.26. The summed E-state index contributed by atoms with van der Waals surface area (Å²) in [6, 6.07) is 9.40. The van der Waals surface area contributed by atoms with E-state index >= 15 is 0 Å². The van der Waals surface area contributed by atoms with Gasteiger partial charge in [-0.15, -0.1) is 11.3 Å². The number of hydrogen-bond donors (Lipinski definition) is 2. The van der Waals surface area contributed by atoms with E-state index in [0.29, 0.717) is 23.5 Å². The maximum absolute atomic E-state index is 12.5. The van der Waals surface area contributed by atoms with Crippen LogP contribution < -0.4 is 11.1 Å². The lowest BCUT2D eigenvalue weighted by atomic mass is 9.96. The standard InChI is InChI=1S/C21H24N4O2S2/c1-11(2)15-9-14-16(10-27-15)29-20-17(14)18(22)24-21(25-20)28-12(3)19(26)23-13-7-5-4-6-8-13/h4-8,11-12,15H,9-10H2,1-3H3,(H,23,26)(H2,22,24,25)/t12-,15+/m0/s1. The Bertz CT molecular complexity index is 1040. The van der Waals surface area contributed by atoms with Crippen LogP contribution in [0.15, 0.2) is 35.5 Å². The number of amides is 1. The van der Waals surface area contributed by atoms with E-state index in [1.165, 1.54) is 22.2 Å². The molecule has 0 fully saturated rings. The summed E-state index contributed by atoms with van der Waals surface area (Å²) in [5, 5.41) is 4.02. The molecular weight excluding hydrogens is 404 g/mol. The Morgan fingerprint density at radius 2 is 2.03 bits per heavy atom. The summed E-state index contributed by atoms with van der Waals surface area (Å²) >= 11 is 2.92. The van der Waals surface area contributed by atoms with E-state index in [2.05, 4.69) is 24.1 Å². The maximum Gasteiger partial charge on any atom is 0.237 e. The van der Waals surface area contributed by atoms with Crippen LogP contribution in [0.25, 0.3) is 10.2 Å². The zero-order chi connectivity index (χ0) is 20.5. The van der Waals surface area contributed by atoms with Gasteiger partial charge in [0.05, 0.1) is 23.3 Å². The molecular formula is C21H24N4O2S2. The summed E-state index contributed by atoms with van der Waals surface area (Å²) in [4.78, 5) is 23.7. The van der Waals surface area contributed by atoms with Gasteiger partial charge in [-0.05, 0) is 30.5 Å². The van der Waals surface area contributed by atoms with E-state index in [1.54, 1.807) is 11.3 Å². The van der Waals surface area contributed by atoms with E-state index in [1.807, 2.05) is 37.3 Å². The van der Waals surface area contributed by atoms with E-state index in [-0.39, 0.29) is 17.3 Å². The second kappa shape index (κ2) is 8.30. The number of nitrogens with two attached hydrogens (primary N) is 1. The van der Waals surface area contributed by atoms with Crippen molar-refractivity contribution in [1.29, 1.82) is 0 Å². The minimum Gasteiger partial charge on any atom is -0.383 e. The number of hydrogen-bond acceptors (Lipinski definition) is 7. The fourth-order valence-corrected chi connectivity index (χ4v) is 5.31. The Labute approximate surface area is 178 Å². The van der Waals surface area contributed by atoms with Crippen molar-refractivity contribution in [2.75, 3.05) is 11.1 Å². The van der Waals surface area contributed by atoms with Crippen LogP contribution in [0.2, 0.25) is 0 Å². The van der Waals surface area contributed by atoms with Crippen LogP contribution >= 0.6 is 23.1 Å². The van der Waals surface area contributed by atoms with Gasteiger partial charge in [-0.2, -0.15) is 0 Å². The van der Waals surface area contributed by atoms with Crippen LogP contribution in [0.5, 0.6) is 0 Å². The average Bonchev–Trinajstić information content (AvgIpc) is 3.06. The highest BCUT2D eigenvalue weighted by Crippen LogP contribution is 2.39. The second-order valence-electron chi connectivity index (χ2n) is 7.49. The number of nitrogens with zero attached hydrogens (tertiary/aromatic N) is 2. The van der Waals surface area contributed by atoms with Crippen LogP contribution in [0, 0.1) is 5.92 Å². The topological polar surface area (TPSA) is 90.1 Å². The fourth-order valence-electron chi connectivity index (χ4n) is 3.34. The predicted octanol–water partition coefficient (Wildman–Crippen LogP) is 4.49. The van der Waals surface area contributed by atoms with Gasteiger partial charge in [-0.1, -0.05) is 43.8 Å². The molecule has 8 heteroatoms. The molecule has 152 valence electrons. The largest absolute Gasteiger partial charge is 0.383 e. The van der Waals surface area contributed by atoms with Crippen molar-refractivity contribution in [3.05, 3.63) is 40.8 Å². The molecule has 0 saturated carbocycles. The molecule has 3 N–H and O–H groups in total. The molecule has 0 saturated heterocycles. The summed E-state index contributed by atoms with van der Waals surface area (Å²) in [7, 11) is 0. The highest BCUT2D eigenvalue weighted by molar-refractivity contribution is 8.00. The quantitative estimate of drug-likeness (QED) is 0.460. The van der Waals surface area contributed by atoms with E-state index in [9.17, 15) is 4.79 Å². The molecule has 4 rings (SSSR count). The summed E-state index contributed by atoms with van der Waals surface area (Å²) in [5.41, 5.74) is 8.31. The van der Waals surface area contributed by atoms with Crippen LogP contribution in [0.4, 0.5) is 11.5 Å². The lowest BCUT2D eigenvalue weighted by molar-refractivity contribution is -0.115. The third-order valence-electron chi connectivity index (χ3n) is 5.01. The van der Waals surface area contributed by atoms with Crippen LogP contribution in [0.3, 0.4) is 0 Å². The first kappa shape index (κ1) is 20.1. The molecule has 0 bridgehead atoms. The third-order valence-corrected chi connectivity index (χ3v) is 7.07. The number of fused-ring (bicyclic) bond motifs is 3. The Balaban J connectivity index is 1.54. The van der Waals surface area contributed by atoms with Crippen molar-refractivity contribution in [2.24, 2.45) is 5.92 Å². The molecule has 3 aromatic rings. The van der Waals surface area contributed by atoms with Crippen molar-refractivity contribution in [1.82, 2.24) is 9.97 Å². The summed E-state index contributed by atoms with van der Waals surface area (Å²) in [6.07, 6.45) is 1.03. The van der Waals surface area contributed by atoms with Crippen molar-refractivity contribution < 1.29 is 9.53 Å². The van der Waals surface area contributed by atoms with Crippen molar-refractivity contribution in [2.45, 2.75) is 50.3 Å². The molecule has 0 aliphatic carbocycles. The summed E-state index contributed by atoms with van der Waals surface area (Å²) < 4.78 is 5.98. The molecule has 0 unspecified atom stereocenters. The molecule has 0 spiro atoms. The van der Waals surface area contributed by atoms with Gasteiger partial charge in [0.15, 0.2) is 5.16 Å². The number of rotatable bonds is 5. The molecule has 6 nitrogen and oxygen atoms in total. The molecule has 1 amide bonds. The Hall–Kier alpha value is -2.16. The number of thioether (sulfide) groups is 1. The normalized spacial score (nSPS) is 17.3. The van der Waals surface area contributed by atoms with E-state index in [0.717, 1.165) is 22.3 Å². The molecule has 2 atom stereocenters. The van der Waals surface area contributed by atoms with Crippen LogP contribution in [-0.2, 0) is 22.6 Å². The molecule has 29 heavy (non-hydrogen) atoms. The van der Waals surface area contributed by atoms with Crippen molar-refractivity contribution >= 4 is 50.7 Å². The number of thiophene rings is 1. The number of ether oxygens (including phenoxy) is 1. The number of benzene rings is 1. The van der Waals surface area contributed by atoms with E-state index < -0.39 is 0 Å². The number of carbonyl (C=O) groups is 1. The summed E-state index contributed by atoms with van der Waals surface area (Å²) in [6.45, 7) is 6.77. The SMILES string of the molecule is CC(C)[C@H]1Cc2c(sc3nc(S[C@@H](C)C(=O)Nc4ccccc4)nc(N)c23)CO1. The van der Waals surface area contributed by atoms with Gasteiger partial charge >= 0.3 is 0 Å². The van der Waals surface area contributed by atoms with Gasteiger partial charge < -0.3 is 15.8 Å². The zero-order valence-electron chi connectivity index (χ0n) is 16.6. The third kappa shape index (κ3) is 4.24. The number of para-hydroxylation sites is 1. The van der Waals surface area contributed by atoms with Gasteiger partial charge in [-0.3, -0.25) is 4.79 Å². The molecule has 1 aromatic carbocycles. The highest BCUT2D eigenvalue weighted by atomic mass is 32.2. The Kier molecular flexibility index (Phi) is 5.76. The average molecular weight is 429 g/mol. The zero-order valence-corrected chi connectivity index (χ0v) is 18.3. The first-order chi connectivity index (χ1) is 13.9. The molecule has 1 aliphatic rings. The first-order valence-corrected chi connectivity index (χ1v) is 11.3. The van der Waals surface area contributed by atoms with Gasteiger partial charge in [0.1, 0.15) is 10.6 Å². The van der Waals surface area contributed by atoms with Crippen molar-refractivity contribution in [3.8, 4) is 0 Å². The summed E-state index contributed by atoms with van der Waals surface area (Å²) in [5.74, 6) is 0.830. The van der Waals surface area contributed by atoms with Crippen LogP contribution in [0.1, 0.15) is 31.2 Å². The maximum atomic E-state index is 12.5. The monoisotopic (exact) mass is 428 g/mol. The highest BCUT2D eigenvalue weighted by Gasteiger charge is 2.28. The molecule has 3 heterocycles. The van der Waals surface area contributed by atoms with Gasteiger partial charge in [-0.25, -0.2) is 9.97 Å². The second-order valence-corrected chi connectivity index (χ2v) is 9.88. The number of nitrogen functional groups attached to an aromatic ring is 1. The lowest BCUT2D eigenvalue weighted by Gasteiger charge is -2.26. The van der Waals surface area contributed by atoms with Crippen molar-refractivity contribution in [3.63, 3.8) is 0 Å². The van der Waals surface area contributed by atoms with Gasteiger partial charge in [0.25, 0.3) is 0 Å². The number of nitrogens with one attached hydrogen (secondary N) is 1. The van der Waals surface area contributed by atoms with Crippen LogP contribution in [-0.4, -0.2) is 27.2 Å². The minimum atomic E-state index is -0.352. The Morgan fingerprint density at radius 1 is 1.28 bits per heavy atom. The minimum absolute atomic E-state index is 0.0953. The smallest absolute Gasteiger partial charge is 0.237 e. The number of anilines is 2. The molecule has 1 aliphatic heterocycles.